The molecule has 2 saturated heterocycles. The molecule has 9 N–H and O–H groups in total. The molecule has 0 saturated carbocycles. The van der Waals surface area contributed by atoms with Gasteiger partial charge >= 0.3 is 11.9 Å². The Kier molecular flexibility index (Phi) is 14.3. The van der Waals surface area contributed by atoms with Crippen LogP contribution in [0.1, 0.15) is 57.9 Å². The van der Waals surface area contributed by atoms with Gasteiger partial charge in [0.15, 0.2) is 0 Å². The van der Waals surface area contributed by atoms with Crippen molar-refractivity contribution < 1.29 is 54.0 Å². The number of hydrogen-bond donors (Lipinski definition) is 9. The highest BCUT2D eigenvalue weighted by atomic mass is 16.4. The molecule has 3 rings (SSSR count). The van der Waals surface area contributed by atoms with Crippen LogP contribution in [0, 0.1) is 5.92 Å². The highest BCUT2D eigenvalue weighted by Crippen LogP contribution is 2.21. The first-order valence-corrected chi connectivity index (χ1v) is 16.3. The Labute approximate surface area is 283 Å². The number of carbonyl (C=O) groups is 7. The van der Waals surface area contributed by atoms with E-state index in [1.165, 1.54) is 29.2 Å². The molecule has 0 aromatic heterocycles. The van der Waals surface area contributed by atoms with E-state index in [2.05, 4.69) is 26.6 Å². The number of likely N-dealkylation sites (tertiary alicyclic amines) is 1. The van der Waals surface area contributed by atoms with Crippen LogP contribution in [0.3, 0.4) is 0 Å². The van der Waals surface area contributed by atoms with E-state index in [1.54, 1.807) is 13.8 Å². The fourth-order valence-electron chi connectivity index (χ4n) is 5.77. The smallest absolute Gasteiger partial charge is 0.326 e. The number of aliphatic hydroxyl groups is 1. The molecule has 0 radical (unpaired) electrons. The predicted molar refractivity (Wildman–Crippen MR) is 172 cm³/mol. The minimum atomic E-state index is -1.57. The van der Waals surface area contributed by atoms with Crippen LogP contribution in [0.4, 0.5) is 0 Å². The number of nitrogens with one attached hydrogen (secondary N) is 5. The highest BCUT2D eigenvalue weighted by Gasteiger charge is 2.40. The molecule has 2 heterocycles. The number of phenols is 1. The number of carboxylic acids is 2. The van der Waals surface area contributed by atoms with Gasteiger partial charge in [0.1, 0.15) is 36.0 Å². The first kappa shape index (κ1) is 38.7. The number of hydrogen-bond acceptors (Lipinski definition) is 10. The molecule has 5 amide bonds. The van der Waals surface area contributed by atoms with Gasteiger partial charge in [0.05, 0.1) is 12.6 Å². The van der Waals surface area contributed by atoms with Gasteiger partial charge in [-0.15, -0.1) is 0 Å². The normalized spacial score (nSPS) is 19.7. The zero-order chi connectivity index (χ0) is 36.2. The molecule has 6 atom stereocenters. The van der Waals surface area contributed by atoms with Gasteiger partial charge in [0.25, 0.3) is 0 Å². The van der Waals surface area contributed by atoms with E-state index in [1.807, 2.05) is 0 Å². The molecule has 17 heteroatoms. The number of benzene rings is 1. The average molecular weight is 691 g/mol. The largest absolute Gasteiger partial charge is 0.508 e. The van der Waals surface area contributed by atoms with Crippen LogP contribution >= 0.6 is 0 Å². The van der Waals surface area contributed by atoms with E-state index in [0.29, 0.717) is 24.9 Å². The fourth-order valence-corrected chi connectivity index (χ4v) is 5.77. The van der Waals surface area contributed by atoms with E-state index in [4.69, 9.17) is 5.11 Å². The Morgan fingerprint density at radius 1 is 0.857 bits per heavy atom. The van der Waals surface area contributed by atoms with Gasteiger partial charge in [0.2, 0.25) is 29.5 Å². The van der Waals surface area contributed by atoms with Gasteiger partial charge in [-0.1, -0.05) is 26.0 Å². The van der Waals surface area contributed by atoms with Crippen molar-refractivity contribution in [3.05, 3.63) is 29.8 Å². The summed E-state index contributed by atoms with van der Waals surface area (Å²) in [6.45, 7) is 3.18. The minimum Gasteiger partial charge on any atom is -0.508 e. The summed E-state index contributed by atoms with van der Waals surface area (Å²) in [5.41, 5.74) is 0.555. The lowest BCUT2D eigenvalue weighted by Crippen LogP contribution is -2.60. The summed E-state index contributed by atoms with van der Waals surface area (Å²) in [6.07, 6.45) is 1.17. The van der Waals surface area contributed by atoms with E-state index >= 15 is 0 Å². The summed E-state index contributed by atoms with van der Waals surface area (Å²) < 4.78 is 0. The van der Waals surface area contributed by atoms with Gasteiger partial charge in [-0.25, -0.2) is 4.79 Å². The van der Waals surface area contributed by atoms with Crippen LogP contribution in [-0.2, 0) is 40.0 Å². The van der Waals surface area contributed by atoms with Gasteiger partial charge in [-0.05, 0) is 62.3 Å². The Bertz CT molecular complexity index is 1370. The number of aliphatic carboxylic acids is 2. The van der Waals surface area contributed by atoms with Gasteiger partial charge in [-0.3, -0.25) is 28.8 Å². The van der Waals surface area contributed by atoms with Crippen molar-refractivity contribution in [1.82, 2.24) is 31.5 Å². The van der Waals surface area contributed by atoms with E-state index in [9.17, 15) is 48.9 Å². The lowest BCUT2D eigenvalue weighted by molar-refractivity contribution is -0.145. The van der Waals surface area contributed by atoms with Gasteiger partial charge < -0.3 is 51.9 Å². The van der Waals surface area contributed by atoms with Crippen molar-refractivity contribution in [2.45, 2.75) is 95.0 Å². The van der Waals surface area contributed by atoms with Crippen molar-refractivity contribution in [1.29, 1.82) is 0 Å². The zero-order valence-corrected chi connectivity index (χ0v) is 27.5. The average Bonchev–Trinajstić information content (AvgIpc) is 3.77. The lowest BCUT2D eigenvalue weighted by atomic mass is 10.0. The number of nitrogens with zero attached hydrogens (tertiary/aromatic N) is 1. The maximum atomic E-state index is 13.7. The fraction of sp³-hybridized carbons (Fsp3) is 0.594. The lowest BCUT2D eigenvalue weighted by Gasteiger charge is -2.32. The van der Waals surface area contributed by atoms with Crippen LogP contribution in [0.2, 0.25) is 0 Å². The van der Waals surface area contributed by atoms with Crippen LogP contribution < -0.4 is 26.6 Å². The van der Waals surface area contributed by atoms with Crippen LogP contribution in [0.5, 0.6) is 5.75 Å². The van der Waals surface area contributed by atoms with Crippen LogP contribution in [0.15, 0.2) is 24.3 Å². The van der Waals surface area contributed by atoms with E-state index < -0.39 is 96.7 Å². The summed E-state index contributed by atoms with van der Waals surface area (Å²) in [5, 5.41) is 51.2. The summed E-state index contributed by atoms with van der Waals surface area (Å²) in [6, 6.07) is -1.13. The van der Waals surface area contributed by atoms with E-state index in [0.717, 1.165) is 6.42 Å². The SMILES string of the molecule is CC(C)[C@H](NC(=O)[C@H](CO)NC(=O)[C@H](CCC(=O)O)NC(=O)[C@@H]1CCCN1)C(=O)N1CCC[C@H]1C(=O)N[C@@H](Cc1ccc(O)cc1)C(=O)O. The molecule has 270 valence electrons. The molecule has 0 aliphatic carbocycles. The second-order valence-electron chi connectivity index (χ2n) is 12.6. The first-order valence-electron chi connectivity index (χ1n) is 16.3. The second kappa shape index (κ2) is 18.1. The third kappa shape index (κ3) is 11.1. The Morgan fingerprint density at radius 2 is 1.51 bits per heavy atom. The molecule has 0 bridgehead atoms. The molecule has 0 spiro atoms. The number of amides is 5. The highest BCUT2D eigenvalue weighted by molar-refractivity contribution is 5.97. The Morgan fingerprint density at radius 3 is 2.08 bits per heavy atom. The number of carboxylic acid groups (broad SMARTS) is 2. The molecule has 2 aliphatic heterocycles. The third-order valence-electron chi connectivity index (χ3n) is 8.53. The maximum Gasteiger partial charge on any atom is 0.326 e. The van der Waals surface area contributed by atoms with E-state index in [-0.39, 0.29) is 31.6 Å². The zero-order valence-electron chi connectivity index (χ0n) is 27.5. The molecule has 49 heavy (non-hydrogen) atoms. The molecular formula is C32H46N6O11. The third-order valence-corrected chi connectivity index (χ3v) is 8.53. The standard InChI is InChI=1S/C32H46N6O11/c1-17(2)26(31(47)38-14-4-6-24(38)30(46)35-22(32(48)49)15-18-7-9-19(40)10-8-18)37-29(45)23(16-39)36-28(44)21(11-12-25(41)42)34-27(43)20-5-3-13-33-20/h7-10,17,20-24,26,33,39-40H,3-6,11-16H2,1-2H3,(H,34,43)(H,35,46)(H,36,44)(H,37,45)(H,41,42)(H,48,49)/t20-,21-,22-,23-,24-,26-/m0/s1. The molecule has 2 fully saturated rings. The van der Waals surface area contributed by atoms with Crippen molar-refractivity contribution in [3.8, 4) is 5.75 Å². The number of aliphatic hydroxyl groups excluding tert-OH is 1. The molecule has 17 nitrogen and oxygen atoms in total. The monoisotopic (exact) mass is 690 g/mol. The quantitative estimate of drug-likeness (QED) is 0.0878. The van der Waals surface area contributed by atoms with Gasteiger partial charge in [-0.2, -0.15) is 0 Å². The van der Waals surface area contributed by atoms with Crippen molar-refractivity contribution >= 4 is 41.5 Å². The Hall–Kier alpha value is -4.77. The molecule has 1 aromatic rings. The first-order chi connectivity index (χ1) is 23.2. The molecular weight excluding hydrogens is 644 g/mol. The van der Waals surface area contributed by atoms with Gasteiger partial charge in [0, 0.05) is 19.4 Å². The number of phenolic OH excluding ortho intramolecular Hbond substituents is 1. The number of aromatic hydroxyl groups is 1. The van der Waals surface area contributed by atoms with Crippen LogP contribution in [-0.4, -0.2) is 123 Å². The number of rotatable bonds is 17. The Balaban J connectivity index is 1.67. The summed E-state index contributed by atoms with van der Waals surface area (Å²) in [7, 11) is 0. The summed E-state index contributed by atoms with van der Waals surface area (Å²) >= 11 is 0. The second-order valence-corrected chi connectivity index (χ2v) is 12.6. The maximum absolute atomic E-state index is 13.7. The molecule has 1 aromatic carbocycles. The summed E-state index contributed by atoms with van der Waals surface area (Å²) in [4.78, 5) is 90.5. The minimum absolute atomic E-state index is 0.00000726. The molecule has 0 unspecified atom stereocenters. The van der Waals surface area contributed by atoms with Crippen molar-refractivity contribution in [3.63, 3.8) is 0 Å². The predicted octanol–water partition coefficient (Wildman–Crippen LogP) is -1.79. The number of carbonyl (C=O) groups excluding carboxylic acids is 5. The van der Waals surface area contributed by atoms with Crippen molar-refractivity contribution in [2.24, 2.45) is 5.92 Å². The molecule has 2 aliphatic rings. The topological polar surface area (TPSA) is 264 Å². The summed E-state index contributed by atoms with van der Waals surface area (Å²) in [5.74, 6) is -6.64. The van der Waals surface area contributed by atoms with Crippen molar-refractivity contribution in [2.75, 3.05) is 19.7 Å². The van der Waals surface area contributed by atoms with Crippen LogP contribution in [0.25, 0.3) is 0 Å².